The van der Waals surface area contributed by atoms with E-state index in [9.17, 15) is 4.79 Å². The van der Waals surface area contributed by atoms with E-state index in [0.717, 1.165) is 10.2 Å². The van der Waals surface area contributed by atoms with Crippen LogP contribution in [0.15, 0.2) is 42.5 Å². The van der Waals surface area contributed by atoms with Crippen LogP contribution in [0.5, 0.6) is 11.5 Å². The number of carbonyl (C=O) groups excluding carboxylic acids is 1. The third-order valence-electron chi connectivity index (χ3n) is 3.16. The van der Waals surface area contributed by atoms with Crippen LogP contribution >= 0.6 is 11.3 Å². The highest BCUT2D eigenvalue weighted by molar-refractivity contribution is 7.22. The fourth-order valence-electron chi connectivity index (χ4n) is 2.16. The van der Waals surface area contributed by atoms with E-state index >= 15 is 0 Å². The van der Waals surface area contributed by atoms with Gasteiger partial charge in [0.05, 0.1) is 30.0 Å². The number of hydrogen-bond donors (Lipinski definition) is 1. The molecule has 0 unspecified atom stereocenters. The minimum absolute atomic E-state index is 0.283. The third-order valence-corrected chi connectivity index (χ3v) is 4.11. The van der Waals surface area contributed by atoms with Crippen LogP contribution in [0.4, 0.5) is 5.13 Å². The van der Waals surface area contributed by atoms with Crippen LogP contribution in [0.3, 0.4) is 0 Å². The summed E-state index contributed by atoms with van der Waals surface area (Å²) in [5, 5.41) is 3.36. The number of nitrogens with zero attached hydrogens (tertiary/aromatic N) is 1. The van der Waals surface area contributed by atoms with Crippen LogP contribution in [0.1, 0.15) is 10.4 Å². The number of nitrogens with one attached hydrogen (secondary N) is 1. The second-order valence-corrected chi connectivity index (χ2v) is 5.51. The number of para-hydroxylation sites is 2. The van der Waals surface area contributed by atoms with Crippen molar-refractivity contribution in [3.8, 4) is 11.5 Å². The minimum atomic E-state index is -0.283. The van der Waals surface area contributed by atoms with E-state index in [1.54, 1.807) is 18.2 Å². The average Bonchev–Trinajstić information content (AvgIpc) is 2.95. The van der Waals surface area contributed by atoms with Gasteiger partial charge in [0.15, 0.2) is 16.6 Å². The predicted molar refractivity (Wildman–Crippen MR) is 87.1 cm³/mol. The number of thiazole rings is 1. The van der Waals surface area contributed by atoms with Crippen molar-refractivity contribution in [1.82, 2.24) is 4.98 Å². The molecule has 2 aromatic carbocycles. The van der Waals surface area contributed by atoms with E-state index in [4.69, 9.17) is 9.47 Å². The van der Waals surface area contributed by atoms with Gasteiger partial charge in [0.1, 0.15) is 0 Å². The Bertz CT molecular complexity index is 796. The van der Waals surface area contributed by atoms with Crippen molar-refractivity contribution in [3.05, 3.63) is 48.0 Å². The summed E-state index contributed by atoms with van der Waals surface area (Å²) in [5.74, 6) is 0.637. The van der Waals surface area contributed by atoms with Crippen molar-refractivity contribution < 1.29 is 14.3 Å². The SMILES string of the molecule is COc1cccc(C(=O)Nc2nc3ccccc3s2)c1OC. The number of ether oxygens (including phenoxy) is 2. The molecule has 6 heteroatoms. The number of amides is 1. The smallest absolute Gasteiger partial charge is 0.261 e. The molecule has 0 aliphatic rings. The molecule has 112 valence electrons. The fraction of sp³-hybridized carbons (Fsp3) is 0.125. The van der Waals surface area contributed by atoms with Gasteiger partial charge in [-0.25, -0.2) is 4.98 Å². The number of anilines is 1. The maximum atomic E-state index is 12.5. The monoisotopic (exact) mass is 314 g/mol. The molecule has 1 aromatic heterocycles. The molecule has 5 nitrogen and oxygen atoms in total. The topological polar surface area (TPSA) is 60.5 Å². The van der Waals surface area contributed by atoms with E-state index in [1.165, 1.54) is 25.6 Å². The molecule has 0 aliphatic heterocycles. The highest BCUT2D eigenvalue weighted by atomic mass is 32.1. The Morgan fingerprint density at radius 3 is 2.64 bits per heavy atom. The molecule has 0 atom stereocenters. The van der Waals surface area contributed by atoms with Crippen molar-refractivity contribution in [2.45, 2.75) is 0 Å². The summed E-state index contributed by atoms with van der Waals surface area (Å²) in [4.78, 5) is 16.8. The second kappa shape index (κ2) is 6.03. The second-order valence-electron chi connectivity index (χ2n) is 4.48. The molecule has 0 bridgehead atoms. The Hall–Kier alpha value is -2.60. The number of aromatic nitrogens is 1. The maximum Gasteiger partial charge on any atom is 0.261 e. The van der Waals surface area contributed by atoms with Crippen LogP contribution in [0, 0.1) is 0 Å². The molecule has 3 aromatic rings. The van der Waals surface area contributed by atoms with E-state index in [2.05, 4.69) is 10.3 Å². The maximum absolute atomic E-state index is 12.5. The lowest BCUT2D eigenvalue weighted by molar-refractivity contribution is 0.102. The summed E-state index contributed by atoms with van der Waals surface area (Å²) in [6.07, 6.45) is 0. The number of hydrogen-bond acceptors (Lipinski definition) is 5. The van der Waals surface area contributed by atoms with E-state index in [-0.39, 0.29) is 5.91 Å². The molecular weight excluding hydrogens is 300 g/mol. The van der Waals surface area contributed by atoms with E-state index < -0.39 is 0 Å². The molecule has 0 saturated carbocycles. The fourth-order valence-corrected chi connectivity index (χ4v) is 3.02. The van der Waals surface area contributed by atoms with Crippen LogP contribution in [-0.2, 0) is 0 Å². The minimum Gasteiger partial charge on any atom is -0.493 e. The van der Waals surface area contributed by atoms with Gasteiger partial charge in [-0.3, -0.25) is 10.1 Å². The number of carbonyl (C=O) groups is 1. The Balaban J connectivity index is 1.91. The summed E-state index contributed by atoms with van der Waals surface area (Å²) >= 11 is 1.43. The number of benzene rings is 2. The highest BCUT2D eigenvalue weighted by Gasteiger charge is 2.17. The lowest BCUT2D eigenvalue weighted by atomic mass is 10.1. The van der Waals surface area contributed by atoms with E-state index in [0.29, 0.717) is 22.2 Å². The quantitative estimate of drug-likeness (QED) is 0.800. The predicted octanol–water partition coefficient (Wildman–Crippen LogP) is 3.57. The van der Waals surface area contributed by atoms with Crippen molar-refractivity contribution in [2.24, 2.45) is 0 Å². The summed E-state index contributed by atoms with van der Waals surface area (Å²) in [6.45, 7) is 0. The average molecular weight is 314 g/mol. The first-order valence-corrected chi connectivity index (χ1v) is 7.42. The summed E-state index contributed by atoms with van der Waals surface area (Å²) in [7, 11) is 3.04. The van der Waals surface area contributed by atoms with E-state index in [1.807, 2.05) is 24.3 Å². The molecule has 0 aliphatic carbocycles. The zero-order valence-electron chi connectivity index (χ0n) is 12.1. The van der Waals surface area contributed by atoms with Gasteiger partial charge in [0.25, 0.3) is 5.91 Å². The van der Waals surface area contributed by atoms with Crippen molar-refractivity contribution in [3.63, 3.8) is 0 Å². The van der Waals surface area contributed by atoms with Gasteiger partial charge in [0.2, 0.25) is 0 Å². The van der Waals surface area contributed by atoms with Gasteiger partial charge in [-0.1, -0.05) is 29.5 Å². The largest absolute Gasteiger partial charge is 0.493 e. The summed E-state index contributed by atoms with van der Waals surface area (Å²) < 4.78 is 11.5. The Morgan fingerprint density at radius 2 is 1.91 bits per heavy atom. The normalized spacial score (nSPS) is 10.5. The molecule has 0 radical (unpaired) electrons. The first kappa shape index (κ1) is 14.3. The van der Waals surface area contributed by atoms with Crippen LogP contribution in [0.2, 0.25) is 0 Å². The lowest BCUT2D eigenvalue weighted by Crippen LogP contribution is -2.13. The van der Waals surface area contributed by atoms with Crippen LogP contribution in [0.25, 0.3) is 10.2 Å². The molecule has 3 rings (SSSR count). The zero-order chi connectivity index (χ0) is 15.5. The van der Waals surface area contributed by atoms with Gasteiger partial charge in [-0.05, 0) is 24.3 Å². The van der Waals surface area contributed by atoms with Gasteiger partial charge >= 0.3 is 0 Å². The van der Waals surface area contributed by atoms with Gasteiger partial charge in [0, 0.05) is 0 Å². The molecule has 0 saturated heterocycles. The molecule has 1 N–H and O–H groups in total. The van der Waals surface area contributed by atoms with Crippen molar-refractivity contribution in [1.29, 1.82) is 0 Å². The molecular formula is C16H14N2O3S. The third kappa shape index (κ3) is 2.60. The van der Waals surface area contributed by atoms with Gasteiger partial charge in [-0.2, -0.15) is 0 Å². The van der Waals surface area contributed by atoms with Crippen molar-refractivity contribution >= 4 is 32.6 Å². The Labute approximate surface area is 131 Å². The number of fused-ring (bicyclic) bond motifs is 1. The summed E-state index contributed by atoms with van der Waals surface area (Å²) in [5.41, 5.74) is 1.27. The Morgan fingerprint density at radius 1 is 1.09 bits per heavy atom. The summed E-state index contributed by atoms with van der Waals surface area (Å²) in [6, 6.07) is 12.9. The molecule has 0 fully saturated rings. The van der Waals surface area contributed by atoms with Crippen LogP contribution < -0.4 is 14.8 Å². The zero-order valence-corrected chi connectivity index (χ0v) is 12.9. The van der Waals surface area contributed by atoms with Gasteiger partial charge < -0.3 is 9.47 Å². The number of rotatable bonds is 4. The van der Waals surface area contributed by atoms with Crippen molar-refractivity contribution in [2.75, 3.05) is 19.5 Å². The van der Waals surface area contributed by atoms with Crippen LogP contribution in [-0.4, -0.2) is 25.1 Å². The molecule has 22 heavy (non-hydrogen) atoms. The first-order valence-electron chi connectivity index (χ1n) is 6.61. The lowest BCUT2D eigenvalue weighted by Gasteiger charge is -2.11. The molecule has 1 heterocycles. The highest BCUT2D eigenvalue weighted by Crippen LogP contribution is 2.32. The standard InChI is InChI=1S/C16H14N2O3S/c1-20-12-8-5-6-10(14(12)21-2)15(19)18-16-17-11-7-3-4-9-13(11)22-16/h3-9H,1-2H3,(H,17,18,19). The van der Waals surface area contributed by atoms with Gasteiger partial charge in [-0.15, -0.1) is 0 Å². The first-order chi connectivity index (χ1) is 10.7. The number of methoxy groups -OCH3 is 2. The molecule has 1 amide bonds. The molecule has 0 spiro atoms. The Kier molecular flexibility index (Phi) is 3.93.